The zero-order valence-electron chi connectivity index (χ0n) is 12.6. The number of benzene rings is 2. The summed E-state index contributed by atoms with van der Waals surface area (Å²) in [6, 6.07) is 7.24. The summed E-state index contributed by atoms with van der Waals surface area (Å²) in [6.07, 6.45) is -1.69. The third-order valence-electron chi connectivity index (χ3n) is 3.64. The second-order valence-electron chi connectivity index (χ2n) is 5.35. The van der Waals surface area contributed by atoms with Crippen LogP contribution in [0, 0.1) is 6.92 Å². The number of hydrogen-bond acceptors (Lipinski definition) is 6. The van der Waals surface area contributed by atoms with Crippen LogP contribution in [0.25, 0.3) is 0 Å². The smallest absolute Gasteiger partial charge is 0.236 e. The van der Waals surface area contributed by atoms with E-state index in [1.807, 2.05) is 0 Å². The van der Waals surface area contributed by atoms with Gasteiger partial charge in [-0.1, -0.05) is 17.7 Å². The molecule has 1 heterocycles. The molecule has 7 heteroatoms. The van der Waals surface area contributed by atoms with Crippen molar-refractivity contribution >= 4 is 23.2 Å². The molecule has 2 aromatic carbocycles. The Morgan fingerprint density at radius 2 is 1.88 bits per heavy atom. The Hall–Kier alpha value is -2.57. The van der Waals surface area contributed by atoms with Crippen LogP contribution in [-0.2, 0) is 4.79 Å². The fourth-order valence-electron chi connectivity index (χ4n) is 2.40. The lowest BCUT2D eigenvalue weighted by Crippen LogP contribution is -2.22. The summed E-state index contributed by atoms with van der Waals surface area (Å²) >= 11 is 5.82. The first kappa shape index (κ1) is 16.3. The molecule has 24 heavy (non-hydrogen) atoms. The van der Waals surface area contributed by atoms with Crippen LogP contribution in [0.1, 0.15) is 27.6 Å². The number of phenolic OH excluding ortho intramolecular Hbond substituents is 1. The van der Waals surface area contributed by atoms with Gasteiger partial charge in [-0.2, -0.15) is 0 Å². The molecule has 0 spiro atoms. The molecule has 6 nitrogen and oxygen atoms in total. The zero-order chi connectivity index (χ0) is 17.4. The van der Waals surface area contributed by atoms with Gasteiger partial charge in [0.15, 0.2) is 11.5 Å². The molecular formula is C17H13ClO6. The molecule has 1 aliphatic rings. The Kier molecular flexibility index (Phi) is 4.17. The minimum absolute atomic E-state index is 0.0382. The molecule has 3 rings (SSSR count). The maximum Gasteiger partial charge on any atom is 0.236 e. The molecule has 0 radical (unpaired) electrons. The molecule has 1 aliphatic heterocycles. The number of carbonyl (C=O) groups is 2. The number of aromatic hydroxyl groups is 1. The van der Waals surface area contributed by atoms with Gasteiger partial charge in [-0.05, 0) is 42.3 Å². The molecule has 2 aromatic rings. The van der Waals surface area contributed by atoms with Crippen molar-refractivity contribution in [1.82, 2.24) is 0 Å². The number of aryl methyl sites for hydroxylation is 1. The third kappa shape index (κ3) is 2.81. The zero-order valence-corrected chi connectivity index (χ0v) is 13.3. The molecule has 124 valence electrons. The van der Waals surface area contributed by atoms with Crippen molar-refractivity contribution in [3.05, 3.63) is 52.0 Å². The highest BCUT2D eigenvalue weighted by molar-refractivity contribution is 6.46. The number of ketones is 2. The van der Waals surface area contributed by atoms with Crippen molar-refractivity contribution in [2.45, 2.75) is 13.0 Å². The summed E-state index contributed by atoms with van der Waals surface area (Å²) in [6.45, 7) is 1.72. The van der Waals surface area contributed by atoms with Gasteiger partial charge in [0.1, 0.15) is 11.9 Å². The maximum absolute atomic E-state index is 12.3. The SMILES string of the molecule is Cc1cc(Cl)c(O)c(C(=O)C(=O)C(O)c2ccc3c(c2)OCO3)c1. The fourth-order valence-corrected chi connectivity index (χ4v) is 2.67. The Morgan fingerprint density at radius 3 is 2.62 bits per heavy atom. The maximum atomic E-state index is 12.3. The fraction of sp³-hybridized carbons (Fsp3) is 0.176. The summed E-state index contributed by atoms with van der Waals surface area (Å²) < 4.78 is 10.3. The van der Waals surface area contributed by atoms with E-state index in [4.69, 9.17) is 21.1 Å². The Bertz CT molecular complexity index is 845. The van der Waals surface area contributed by atoms with E-state index in [0.717, 1.165) is 0 Å². The highest BCUT2D eigenvalue weighted by Gasteiger charge is 2.29. The van der Waals surface area contributed by atoms with E-state index in [0.29, 0.717) is 17.1 Å². The van der Waals surface area contributed by atoms with Crippen molar-refractivity contribution in [3.63, 3.8) is 0 Å². The number of ether oxygens (including phenoxy) is 2. The van der Waals surface area contributed by atoms with Gasteiger partial charge in [0.25, 0.3) is 0 Å². The number of aliphatic hydroxyl groups excluding tert-OH is 1. The van der Waals surface area contributed by atoms with Crippen LogP contribution in [-0.4, -0.2) is 28.6 Å². The van der Waals surface area contributed by atoms with Gasteiger partial charge in [-0.15, -0.1) is 0 Å². The van der Waals surface area contributed by atoms with Crippen molar-refractivity contribution in [2.75, 3.05) is 6.79 Å². The Morgan fingerprint density at radius 1 is 1.17 bits per heavy atom. The van der Waals surface area contributed by atoms with E-state index in [9.17, 15) is 19.8 Å². The van der Waals surface area contributed by atoms with E-state index < -0.39 is 23.4 Å². The third-order valence-corrected chi connectivity index (χ3v) is 3.92. The topological polar surface area (TPSA) is 93.1 Å². The van der Waals surface area contributed by atoms with Gasteiger partial charge in [0.2, 0.25) is 18.4 Å². The highest BCUT2D eigenvalue weighted by Crippen LogP contribution is 2.35. The first-order valence-electron chi connectivity index (χ1n) is 7.03. The van der Waals surface area contributed by atoms with E-state index in [1.165, 1.54) is 24.3 Å². The van der Waals surface area contributed by atoms with Crippen molar-refractivity contribution in [1.29, 1.82) is 0 Å². The first-order chi connectivity index (χ1) is 11.4. The summed E-state index contributed by atoms with van der Waals surface area (Å²) in [5, 5.41) is 20.1. The number of Topliss-reactive ketones (excluding diaryl/α,β-unsaturated/α-hetero) is 2. The van der Waals surface area contributed by atoms with Crippen molar-refractivity contribution < 1.29 is 29.3 Å². The lowest BCUT2D eigenvalue weighted by atomic mass is 9.97. The van der Waals surface area contributed by atoms with Crippen LogP contribution >= 0.6 is 11.6 Å². The number of aliphatic hydroxyl groups is 1. The van der Waals surface area contributed by atoms with Crippen LogP contribution in [0.5, 0.6) is 17.2 Å². The standard InChI is InChI=1S/C17H13ClO6/c1-8-4-10(15(20)11(18)5-8)16(21)17(22)14(19)9-2-3-12-13(6-9)24-7-23-12/h2-6,14,19-20H,7H2,1H3. The minimum Gasteiger partial charge on any atom is -0.506 e. The van der Waals surface area contributed by atoms with Crippen LogP contribution < -0.4 is 9.47 Å². The summed E-state index contributed by atoms with van der Waals surface area (Å²) in [4.78, 5) is 24.6. The molecule has 1 unspecified atom stereocenters. The predicted molar refractivity (Wildman–Crippen MR) is 84.7 cm³/mol. The lowest BCUT2D eigenvalue weighted by molar-refractivity contribution is -0.123. The molecule has 2 N–H and O–H groups in total. The average molecular weight is 349 g/mol. The Labute approximate surface area is 142 Å². The quantitative estimate of drug-likeness (QED) is 0.651. The minimum atomic E-state index is -1.69. The molecule has 0 bridgehead atoms. The van der Waals surface area contributed by atoms with E-state index in [2.05, 4.69) is 0 Å². The van der Waals surface area contributed by atoms with Gasteiger partial charge in [0.05, 0.1) is 10.6 Å². The Balaban J connectivity index is 1.90. The van der Waals surface area contributed by atoms with Gasteiger partial charge >= 0.3 is 0 Å². The molecule has 1 atom stereocenters. The van der Waals surface area contributed by atoms with Gasteiger partial charge in [-0.25, -0.2) is 0 Å². The van der Waals surface area contributed by atoms with Crippen LogP contribution in [0.4, 0.5) is 0 Å². The number of fused-ring (bicyclic) bond motifs is 1. The first-order valence-corrected chi connectivity index (χ1v) is 7.41. The molecule has 0 aromatic heterocycles. The van der Waals surface area contributed by atoms with Gasteiger partial charge in [-0.3, -0.25) is 9.59 Å². The summed E-state index contributed by atoms with van der Waals surface area (Å²) in [5.41, 5.74) is 0.548. The van der Waals surface area contributed by atoms with Crippen molar-refractivity contribution in [3.8, 4) is 17.2 Å². The molecule has 0 aliphatic carbocycles. The van der Waals surface area contributed by atoms with Gasteiger partial charge in [0, 0.05) is 0 Å². The number of rotatable bonds is 4. The average Bonchev–Trinajstić information content (AvgIpc) is 3.03. The lowest BCUT2D eigenvalue weighted by Gasteiger charge is -2.11. The van der Waals surface area contributed by atoms with Crippen LogP contribution in [0.15, 0.2) is 30.3 Å². The molecule has 0 amide bonds. The highest BCUT2D eigenvalue weighted by atomic mass is 35.5. The number of halogens is 1. The molecule has 0 saturated heterocycles. The van der Waals surface area contributed by atoms with E-state index in [-0.39, 0.29) is 22.9 Å². The normalized spacial score (nSPS) is 13.6. The molecular weight excluding hydrogens is 336 g/mol. The predicted octanol–water partition coefficient (Wildman–Crippen LogP) is 2.57. The van der Waals surface area contributed by atoms with E-state index in [1.54, 1.807) is 13.0 Å². The van der Waals surface area contributed by atoms with Crippen LogP contribution in [0.2, 0.25) is 5.02 Å². The van der Waals surface area contributed by atoms with E-state index >= 15 is 0 Å². The van der Waals surface area contributed by atoms with Gasteiger partial charge < -0.3 is 19.7 Å². The molecule has 0 fully saturated rings. The largest absolute Gasteiger partial charge is 0.506 e. The number of hydrogen-bond donors (Lipinski definition) is 2. The van der Waals surface area contributed by atoms with Crippen molar-refractivity contribution in [2.24, 2.45) is 0 Å². The monoisotopic (exact) mass is 348 g/mol. The molecule has 0 saturated carbocycles. The second kappa shape index (κ2) is 6.14. The number of carbonyl (C=O) groups excluding carboxylic acids is 2. The number of phenols is 1. The van der Waals surface area contributed by atoms with Crippen LogP contribution in [0.3, 0.4) is 0 Å². The summed E-state index contributed by atoms with van der Waals surface area (Å²) in [7, 11) is 0. The second-order valence-corrected chi connectivity index (χ2v) is 5.76. The summed E-state index contributed by atoms with van der Waals surface area (Å²) in [5.74, 6) is -1.71.